The second kappa shape index (κ2) is 8.65. The lowest BCUT2D eigenvalue weighted by molar-refractivity contribution is -0.125. The number of hydrogen-bond donors (Lipinski definition) is 1. The second-order valence-electron chi connectivity index (χ2n) is 6.41. The molecule has 1 fully saturated rings. The molecule has 4 nitrogen and oxygen atoms in total. The average molecular weight is 349 g/mol. The highest BCUT2D eigenvalue weighted by atomic mass is 35.5. The maximum atomic E-state index is 12.5. The van der Waals surface area contributed by atoms with Gasteiger partial charge < -0.3 is 10.1 Å². The topological polar surface area (TPSA) is 41.6 Å². The largest absolute Gasteiger partial charge is 0.379 e. The fraction of sp³-hybridized carbons (Fsp3) is 0.526. The van der Waals surface area contributed by atoms with Crippen molar-refractivity contribution in [3.63, 3.8) is 0 Å². The van der Waals surface area contributed by atoms with E-state index in [0.717, 1.165) is 56.2 Å². The molecule has 1 aromatic rings. The van der Waals surface area contributed by atoms with E-state index in [1.807, 2.05) is 18.2 Å². The van der Waals surface area contributed by atoms with Gasteiger partial charge in [-0.15, -0.1) is 0 Å². The molecule has 1 aliphatic carbocycles. The maximum absolute atomic E-state index is 12.5. The highest BCUT2D eigenvalue weighted by Crippen LogP contribution is 2.28. The first-order valence-electron chi connectivity index (χ1n) is 8.74. The Morgan fingerprint density at radius 2 is 2.08 bits per heavy atom. The standard InChI is InChI=1S/C19H25ClN2O2/c20-17-9-5-4-8-16(17)18(22-10-12-24-13-11-22)14-21-19(23)15-6-2-1-3-7-15/h1-2,4-5,8-9,15,18H,3,6-7,10-14H2,(H,21,23)/t15-,18-/m0/s1. The van der Waals surface area contributed by atoms with E-state index in [-0.39, 0.29) is 17.9 Å². The number of nitrogens with zero attached hydrogens (tertiary/aromatic N) is 1. The molecule has 0 radical (unpaired) electrons. The van der Waals surface area contributed by atoms with Crippen LogP contribution in [0.4, 0.5) is 0 Å². The summed E-state index contributed by atoms with van der Waals surface area (Å²) in [6.45, 7) is 3.75. The summed E-state index contributed by atoms with van der Waals surface area (Å²) in [6, 6.07) is 8.00. The molecule has 3 rings (SSSR count). The lowest BCUT2D eigenvalue weighted by atomic mass is 9.93. The van der Waals surface area contributed by atoms with Crippen LogP contribution in [0.1, 0.15) is 30.9 Å². The lowest BCUT2D eigenvalue weighted by Crippen LogP contribution is -2.44. The van der Waals surface area contributed by atoms with Crippen molar-refractivity contribution in [2.45, 2.75) is 25.3 Å². The molecule has 130 valence electrons. The van der Waals surface area contributed by atoms with Crippen molar-refractivity contribution in [1.29, 1.82) is 0 Å². The maximum Gasteiger partial charge on any atom is 0.223 e. The van der Waals surface area contributed by atoms with Gasteiger partial charge in [-0.2, -0.15) is 0 Å². The number of hydrogen-bond acceptors (Lipinski definition) is 3. The minimum absolute atomic E-state index is 0.0886. The molecular weight excluding hydrogens is 324 g/mol. The van der Waals surface area contributed by atoms with Crippen LogP contribution in [0, 0.1) is 5.92 Å². The lowest BCUT2D eigenvalue weighted by Gasteiger charge is -2.35. The zero-order chi connectivity index (χ0) is 16.8. The van der Waals surface area contributed by atoms with Gasteiger partial charge in [0.25, 0.3) is 0 Å². The molecule has 5 heteroatoms. The third-order valence-corrected chi connectivity index (χ3v) is 5.20. The van der Waals surface area contributed by atoms with Gasteiger partial charge in [0.15, 0.2) is 0 Å². The Balaban J connectivity index is 1.69. The van der Waals surface area contributed by atoms with Gasteiger partial charge in [0, 0.05) is 30.6 Å². The number of benzene rings is 1. The molecule has 1 heterocycles. The smallest absolute Gasteiger partial charge is 0.223 e. The Morgan fingerprint density at radius 1 is 1.29 bits per heavy atom. The second-order valence-corrected chi connectivity index (χ2v) is 6.82. The van der Waals surface area contributed by atoms with Crippen LogP contribution in [0.25, 0.3) is 0 Å². The third-order valence-electron chi connectivity index (χ3n) is 4.86. The van der Waals surface area contributed by atoms with Crippen molar-refractivity contribution in [2.75, 3.05) is 32.8 Å². The van der Waals surface area contributed by atoms with Gasteiger partial charge in [-0.1, -0.05) is 42.0 Å². The van der Waals surface area contributed by atoms with E-state index in [1.165, 1.54) is 0 Å². The summed E-state index contributed by atoms with van der Waals surface area (Å²) in [7, 11) is 0. The molecule has 0 aromatic heterocycles. The summed E-state index contributed by atoms with van der Waals surface area (Å²) in [6.07, 6.45) is 7.05. The van der Waals surface area contributed by atoms with E-state index in [4.69, 9.17) is 16.3 Å². The van der Waals surface area contributed by atoms with E-state index in [0.29, 0.717) is 6.54 Å². The van der Waals surface area contributed by atoms with E-state index < -0.39 is 0 Å². The minimum Gasteiger partial charge on any atom is -0.379 e. The molecule has 1 aliphatic heterocycles. The van der Waals surface area contributed by atoms with Gasteiger partial charge in [-0.3, -0.25) is 9.69 Å². The summed E-state index contributed by atoms with van der Waals surface area (Å²) in [5.41, 5.74) is 1.07. The van der Waals surface area contributed by atoms with Gasteiger partial charge in [-0.05, 0) is 30.9 Å². The number of carbonyl (C=O) groups is 1. The van der Waals surface area contributed by atoms with Crippen molar-refractivity contribution >= 4 is 17.5 Å². The number of amides is 1. The van der Waals surface area contributed by atoms with E-state index in [2.05, 4.69) is 28.4 Å². The SMILES string of the molecule is O=C(NC[C@@H](c1ccccc1Cl)N1CCOCC1)[C@H]1CC=CCC1. The number of morpholine rings is 1. The van der Waals surface area contributed by atoms with Crippen molar-refractivity contribution in [3.8, 4) is 0 Å². The Kier molecular flexibility index (Phi) is 6.30. The predicted octanol–water partition coefficient (Wildman–Crippen LogP) is 3.19. The zero-order valence-corrected chi connectivity index (χ0v) is 14.7. The summed E-state index contributed by atoms with van der Waals surface area (Å²) in [5, 5.41) is 3.92. The molecule has 2 aliphatic rings. The molecule has 0 unspecified atom stereocenters. The Labute approximate surface area is 148 Å². The molecule has 24 heavy (non-hydrogen) atoms. The monoisotopic (exact) mass is 348 g/mol. The van der Waals surface area contributed by atoms with Gasteiger partial charge in [0.2, 0.25) is 5.91 Å². The predicted molar refractivity (Wildman–Crippen MR) is 96.1 cm³/mol. The molecule has 1 saturated heterocycles. The third kappa shape index (κ3) is 4.38. The molecule has 0 spiro atoms. The van der Waals surface area contributed by atoms with Crippen LogP contribution in [-0.2, 0) is 9.53 Å². The first-order chi connectivity index (χ1) is 11.8. The zero-order valence-electron chi connectivity index (χ0n) is 13.9. The van der Waals surface area contributed by atoms with Gasteiger partial charge >= 0.3 is 0 Å². The molecule has 2 atom stereocenters. The van der Waals surface area contributed by atoms with Crippen LogP contribution in [0.15, 0.2) is 36.4 Å². The van der Waals surface area contributed by atoms with E-state index >= 15 is 0 Å². The Morgan fingerprint density at radius 3 is 2.79 bits per heavy atom. The minimum atomic E-state index is 0.0886. The van der Waals surface area contributed by atoms with Gasteiger partial charge in [-0.25, -0.2) is 0 Å². The van der Waals surface area contributed by atoms with E-state index in [1.54, 1.807) is 0 Å². The fourth-order valence-corrected chi connectivity index (χ4v) is 3.71. The van der Waals surface area contributed by atoms with Crippen LogP contribution >= 0.6 is 11.6 Å². The van der Waals surface area contributed by atoms with Crippen LogP contribution < -0.4 is 5.32 Å². The average Bonchev–Trinajstić information content (AvgIpc) is 2.65. The highest BCUT2D eigenvalue weighted by molar-refractivity contribution is 6.31. The normalized spacial score (nSPS) is 23.0. The quantitative estimate of drug-likeness (QED) is 0.831. The number of ether oxygens (including phenoxy) is 1. The number of allylic oxidation sites excluding steroid dienone is 2. The van der Waals surface area contributed by atoms with Gasteiger partial charge in [0.05, 0.1) is 19.3 Å². The molecular formula is C19H25ClN2O2. The van der Waals surface area contributed by atoms with Crippen LogP contribution in [0.5, 0.6) is 0 Å². The fourth-order valence-electron chi connectivity index (χ4n) is 3.44. The molecule has 1 aromatic carbocycles. The molecule has 1 N–H and O–H groups in total. The van der Waals surface area contributed by atoms with Crippen molar-refractivity contribution in [3.05, 3.63) is 47.0 Å². The Hall–Kier alpha value is -1.36. The number of rotatable bonds is 5. The number of carbonyl (C=O) groups excluding carboxylic acids is 1. The van der Waals surface area contributed by atoms with Crippen LogP contribution in [-0.4, -0.2) is 43.7 Å². The van der Waals surface area contributed by atoms with Crippen molar-refractivity contribution in [1.82, 2.24) is 10.2 Å². The van der Waals surface area contributed by atoms with Crippen LogP contribution in [0.2, 0.25) is 5.02 Å². The van der Waals surface area contributed by atoms with E-state index in [9.17, 15) is 4.79 Å². The summed E-state index contributed by atoms with van der Waals surface area (Å²) in [5.74, 6) is 0.260. The summed E-state index contributed by atoms with van der Waals surface area (Å²) in [4.78, 5) is 14.8. The highest BCUT2D eigenvalue weighted by Gasteiger charge is 2.26. The summed E-state index contributed by atoms with van der Waals surface area (Å²) < 4.78 is 5.47. The molecule has 1 amide bonds. The van der Waals surface area contributed by atoms with Crippen LogP contribution in [0.3, 0.4) is 0 Å². The summed E-state index contributed by atoms with van der Waals surface area (Å²) >= 11 is 6.42. The first kappa shape index (κ1) is 17.5. The molecule has 0 bridgehead atoms. The Bertz CT molecular complexity index is 584. The molecule has 0 saturated carbocycles. The van der Waals surface area contributed by atoms with Gasteiger partial charge in [0.1, 0.15) is 0 Å². The number of nitrogens with one attached hydrogen (secondary N) is 1. The van der Waals surface area contributed by atoms with Crippen molar-refractivity contribution in [2.24, 2.45) is 5.92 Å². The number of halogens is 1. The first-order valence-corrected chi connectivity index (χ1v) is 9.12. The van der Waals surface area contributed by atoms with Crippen molar-refractivity contribution < 1.29 is 9.53 Å².